The second-order valence-electron chi connectivity index (χ2n) is 7.21. The molecule has 1 saturated carbocycles. The molecule has 1 atom stereocenters. The molecule has 1 aliphatic heterocycles. The van der Waals surface area contributed by atoms with Crippen molar-refractivity contribution < 1.29 is 4.79 Å². The maximum Gasteiger partial charge on any atom is 0.325 e. The van der Waals surface area contributed by atoms with E-state index < -0.39 is 5.69 Å². The quantitative estimate of drug-likeness (QED) is 0.882. The van der Waals surface area contributed by atoms with E-state index in [0.717, 1.165) is 19.4 Å². The molecule has 132 valence electrons. The van der Waals surface area contributed by atoms with Gasteiger partial charge in [0, 0.05) is 30.3 Å². The molecule has 0 spiro atoms. The summed E-state index contributed by atoms with van der Waals surface area (Å²) in [4.78, 5) is 42.8. The van der Waals surface area contributed by atoms with Crippen LogP contribution in [0.15, 0.2) is 9.59 Å². The van der Waals surface area contributed by atoms with Gasteiger partial charge in [0.25, 0.3) is 5.56 Å². The van der Waals surface area contributed by atoms with Crippen molar-refractivity contribution in [1.82, 2.24) is 14.9 Å². The third-order valence-electron chi connectivity index (χ3n) is 5.66. The third kappa shape index (κ3) is 3.62. The van der Waals surface area contributed by atoms with Gasteiger partial charge >= 0.3 is 5.69 Å². The minimum absolute atomic E-state index is 0.146. The fraction of sp³-hybridized carbons (Fsp3) is 0.722. The van der Waals surface area contributed by atoms with Crippen LogP contribution in [-0.2, 0) is 11.2 Å². The molecule has 1 aromatic rings. The van der Waals surface area contributed by atoms with E-state index in [-0.39, 0.29) is 11.5 Å². The summed E-state index contributed by atoms with van der Waals surface area (Å²) in [5.74, 6) is 0.802. The van der Waals surface area contributed by atoms with Crippen LogP contribution in [0.1, 0.15) is 62.6 Å². The number of hydrogen-bond donors (Lipinski definition) is 2. The Balaban J connectivity index is 1.64. The van der Waals surface area contributed by atoms with Crippen molar-refractivity contribution >= 4 is 5.91 Å². The zero-order valence-corrected chi connectivity index (χ0v) is 14.4. The molecule has 0 radical (unpaired) electrons. The Bertz CT molecular complexity index is 700. The van der Waals surface area contributed by atoms with Crippen molar-refractivity contribution in [2.24, 2.45) is 5.92 Å². The first-order valence-corrected chi connectivity index (χ1v) is 9.18. The van der Waals surface area contributed by atoms with Gasteiger partial charge in [-0.05, 0) is 44.9 Å². The molecule has 0 unspecified atom stereocenters. The molecule has 1 aliphatic carbocycles. The van der Waals surface area contributed by atoms with Crippen molar-refractivity contribution in [2.75, 3.05) is 6.54 Å². The summed E-state index contributed by atoms with van der Waals surface area (Å²) in [6, 6.07) is 0.396. The number of rotatable bonds is 4. The Hall–Kier alpha value is -1.85. The van der Waals surface area contributed by atoms with Crippen molar-refractivity contribution in [1.29, 1.82) is 0 Å². The van der Waals surface area contributed by atoms with Crippen LogP contribution in [0.3, 0.4) is 0 Å². The molecule has 0 aromatic carbocycles. The molecule has 2 heterocycles. The largest absolute Gasteiger partial charge is 0.339 e. The highest BCUT2D eigenvalue weighted by Gasteiger charge is 2.34. The maximum atomic E-state index is 12.7. The minimum Gasteiger partial charge on any atom is -0.339 e. The third-order valence-corrected chi connectivity index (χ3v) is 5.66. The number of likely N-dealkylation sites (tertiary alicyclic amines) is 1. The number of aromatic amines is 2. The van der Waals surface area contributed by atoms with Gasteiger partial charge in [0.1, 0.15) is 0 Å². The summed E-state index contributed by atoms with van der Waals surface area (Å²) in [5, 5.41) is 0. The summed E-state index contributed by atoms with van der Waals surface area (Å²) in [5.41, 5.74) is 0.192. The molecule has 6 nitrogen and oxygen atoms in total. The topological polar surface area (TPSA) is 86.0 Å². The van der Waals surface area contributed by atoms with E-state index >= 15 is 0 Å². The lowest BCUT2D eigenvalue weighted by Gasteiger charge is -2.34. The predicted molar refractivity (Wildman–Crippen MR) is 92.1 cm³/mol. The smallest absolute Gasteiger partial charge is 0.325 e. The molecule has 24 heavy (non-hydrogen) atoms. The first-order valence-electron chi connectivity index (χ1n) is 9.18. The second-order valence-corrected chi connectivity index (χ2v) is 7.21. The molecule has 1 amide bonds. The van der Waals surface area contributed by atoms with Crippen LogP contribution >= 0.6 is 0 Å². The molecule has 3 rings (SSSR count). The Kier molecular flexibility index (Phi) is 5.21. The van der Waals surface area contributed by atoms with Gasteiger partial charge in [0.05, 0.1) is 0 Å². The Morgan fingerprint density at radius 2 is 1.83 bits per heavy atom. The minimum atomic E-state index is -0.496. The standard InChI is InChI=1S/C18H27N3O3/c1-12-14(17(23)20-18(24)19-12)9-10-16(22)21-11-5-8-15(21)13-6-3-2-4-7-13/h13,15H,2-11H2,1H3,(H2,19,20,23,24)/t15-/m0/s1. The van der Waals surface area contributed by atoms with E-state index in [0.29, 0.717) is 36.1 Å². The van der Waals surface area contributed by atoms with Crippen LogP contribution in [0.25, 0.3) is 0 Å². The molecule has 2 N–H and O–H groups in total. The molecule has 2 fully saturated rings. The van der Waals surface area contributed by atoms with Gasteiger partial charge in [-0.25, -0.2) is 4.79 Å². The molecular formula is C18H27N3O3. The average Bonchev–Trinajstić information content (AvgIpc) is 3.04. The van der Waals surface area contributed by atoms with E-state index in [4.69, 9.17) is 0 Å². The van der Waals surface area contributed by atoms with Crippen molar-refractivity contribution in [3.63, 3.8) is 0 Å². The SMILES string of the molecule is Cc1[nH]c(=O)[nH]c(=O)c1CCC(=O)N1CCC[C@H]1C1CCCCC1. The van der Waals surface area contributed by atoms with Gasteiger partial charge in [0.15, 0.2) is 0 Å². The number of aryl methyl sites for hydroxylation is 1. The van der Waals surface area contributed by atoms with Crippen LogP contribution in [0.5, 0.6) is 0 Å². The zero-order chi connectivity index (χ0) is 17.1. The lowest BCUT2D eigenvalue weighted by molar-refractivity contribution is -0.133. The van der Waals surface area contributed by atoms with Crippen LogP contribution in [0.2, 0.25) is 0 Å². The average molecular weight is 333 g/mol. The lowest BCUT2D eigenvalue weighted by atomic mass is 9.83. The van der Waals surface area contributed by atoms with Gasteiger partial charge in [0.2, 0.25) is 5.91 Å². The van der Waals surface area contributed by atoms with E-state index in [1.807, 2.05) is 0 Å². The molecule has 2 aliphatic rings. The van der Waals surface area contributed by atoms with Crippen LogP contribution < -0.4 is 11.2 Å². The van der Waals surface area contributed by atoms with Crippen LogP contribution in [0, 0.1) is 12.8 Å². The van der Waals surface area contributed by atoms with E-state index in [9.17, 15) is 14.4 Å². The first kappa shape index (κ1) is 17.0. The molecule has 6 heteroatoms. The van der Waals surface area contributed by atoms with Crippen molar-refractivity contribution in [2.45, 2.75) is 70.8 Å². The van der Waals surface area contributed by atoms with E-state index in [1.165, 1.54) is 32.1 Å². The predicted octanol–water partition coefficient (Wildman–Crippen LogP) is 1.88. The van der Waals surface area contributed by atoms with Gasteiger partial charge < -0.3 is 9.88 Å². The zero-order valence-electron chi connectivity index (χ0n) is 14.4. The summed E-state index contributed by atoms with van der Waals surface area (Å²) in [7, 11) is 0. The molecule has 1 saturated heterocycles. The van der Waals surface area contributed by atoms with Gasteiger partial charge in [-0.2, -0.15) is 0 Å². The number of nitrogens with one attached hydrogen (secondary N) is 2. The van der Waals surface area contributed by atoms with Gasteiger partial charge in [-0.15, -0.1) is 0 Å². The number of nitrogens with zero attached hydrogens (tertiary/aromatic N) is 1. The summed E-state index contributed by atoms with van der Waals surface area (Å²) >= 11 is 0. The van der Waals surface area contributed by atoms with E-state index in [2.05, 4.69) is 14.9 Å². The van der Waals surface area contributed by atoms with Crippen LogP contribution in [0.4, 0.5) is 0 Å². The molecule has 1 aromatic heterocycles. The second kappa shape index (κ2) is 7.36. The summed E-state index contributed by atoms with van der Waals surface area (Å²) < 4.78 is 0. The fourth-order valence-corrected chi connectivity index (χ4v) is 4.41. The highest BCUT2D eigenvalue weighted by molar-refractivity contribution is 5.77. The number of carbonyl (C=O) groups excluding carboxylic acids is 1. The normalized spacial score (nSPS) is 22.0. The summed E-state index contributed by atoms with van der Waals surface area (Å²) in [6.45, 7) is 2.55. The highest BCUT2D eigenvalue weighted by atomic mass is 16.2. The summed E-state index contributed by atoms with van der Waals surface area (Å²) in [6.07, 6.45) is 9.31. The van der Waals surface area contributed by atoms with Gasteiger partial charge in [-0.3, -0.25) is 14.6 Å². The Labute approximate surface area is 141 Å². The molecular weight excluding hydrogens is 306 g/mol. The first-order chi connectivity index (χ1) is 11.6. The fourth-order valence-electron chi connectivity index (χ4n) is 4.41. The van der Waals surface area contributed by atoms with Crippen molar-refractivity contribution in [3.05, 3.63) is 32.1 Å². The Morgan fingerprint density at radius 3 is 2.54 bits per heavy atom. The lowest BCUT2D eigenvalue weighted by Crippen LogP contribution is -2.41. The van der Waals surface area contributed by atoms with Crippen LogP contribution in [-0.4, -0.2) is 33.4 Å². The monoisotopic (exact) mass is 333 g/mol. The van der Waals surface area contributed by atoms with Gasteiger partial charge in [-0.1, -0.05) is 19.3 Å². The Morgan fingerprint density at radius 1 is 1.08 bits per heavy atom. The molecule has 0 bridgehead atoms. The van der Waals surface area contributed by atoms with E-state index in [1.54, 1.807) is 6.92 Å². The van der Waals surface area contributed by atoms with Crippen molar-refractivity contribution in [3.8, 4) is 0 Å². The number of aromatic nitrogens is 2. The maximum absolute atomic E-state index is 12.7. The number of H-pyrrole nitrogens is 2. The highest BCUT2D eigenvalue weighted by Crippen LogP contribution is 2.34. The number of amides is 1. The number of carbonyl (C=O) groups is 1. The number of hydrogen-bond acceptors (Lipinski definition) is 3.